The molecular formula is C11H12FNO. The van der Waals surface area contributed by atoms with Crippen LogP contribution in [0.5, 0.6) is 0 Å². The molecule has 2 rings (SSSR count). The van der Waals surface area contributed by atoms with Crippen molar-refractivity contribution in [1.29, 1.82) is 0 Å². The number of carbonyl (C=O) groups is 1. The third kappa shape index (κ3) is 1.68. The van der Waals surface area contributed by atoms with E-state index in [1.165, 1.54) is 12.1 Å². The Hall–Kier alpha value is -1.22. The molecule has 1 fully saturated rings. The predicted octanol–water partition coefficient (Wildman–Crippen LogP) is 1.72. The summed E-state index contributed by atoms with van der Waals surface area (Å²) in [5.41, 5.74) is 1.45. The van der Waals surface area contributed by atoms with Crippen LogP contribution in [0.2, 0.25) is 0 Å². The summed E-state index contributed by atoms with van der Waals surface area (Å²) in [6.45, 7) is 1.78. The molecule has 0 saturated carbocycles. The molecule has 14 heavy (non-hydrogen) atoms. The minimum Gasteiger partial charge on any atom is -0.316 e. The van der Waals surface area contributed by atoms with Gasteiger partial charge in [-0.1, -0.05) is 0 Å². The summed E-state index contributed by atoms with van der Waals surface area (Å²) in [5.74, 6) is 0.0170. The molecular weight excluding hydrogens is 181 g/mol. The third-order valence-corrected chi connectivity index (χ3v) is 2.68. The molecule has 1 saturated heterocycles. The summed E-state index contributed by atoms with van der Waals surface area (Å²) in [7, 11) is 0. The van der Waals surface area contributed by atoms with Crippen LogP contribution in [0.1, 0.15) is 28.3 Å². The molecule has 1 aliphatic heterocycles. The van der Waals surface area contributed by atoms with Crippen molar-refractivity contribution in [2.45, 2.75) is 12.3 Å². The molecule has 1 aromatic carbocycles. The molecule has 2 nitrogen and oxygen atoms in total. The van der Waals surface area contributed by atoms with E-state index in [9.17, 15) is 9.18 Å². The number of benzene rings is 1. The molecule has 0 spiro atoms. The summed E-state index contributed by atoms with van der Waals surface area (Å²) in [6, 6.07) is 4.35. The quantitative estimate of drug-likeness (QED) is 0.724. The Balaban J connectivity index is 2.37. The number of halogens is 1. The molecule has 0 aromatic heterocycles. The highest BCUT2D eigenvalue weighted by Gasteiger charge is 2.19. The van der Waals surface area contributed by atoms with Gasteiger partial charge in [-0.15, -0.1) is 0 Å². The number of hydrogen-bond acceptors (Lipinski definition) is 2. The maximum Gasteiger partial charge on any atom is 0.150 e. The molecule has 74 valence electrons. The summed E-state index contributed by atoms with van der Waals surface area (Å²) in [6.07, 6.45) is 1.78. The second kappa shape index (κ2) is 3.88. The summed E-state index contributed by atoms with van der Waals surface area (Å²) >= 11 is 0. The van der Waals surface area contributed by atoms with Gasteiger partial charge in [0, 0.05) is 12.1 Å². The first-order chi connectivity index (χ1) is 6.81. The van der Waals surface area contributed by atoms with E-state index in [2.05, 4.69) is 5.32 Å². The third-order valence-electron chi connectivity index (χ3n) is 2.68. The van der Waals surface area contributed by atoms with Crippen molar-refractivity contribution in [3.05, 3.63) is 35.1 Å². The van der Waals surface area contributed by atoms with E-state index in [0.29, 0.717) is 5.56 Å². The highest BCUT2D eigenvalue weighted by molar-refractivity contribution is 5.77. The van der Waals surface area contributed by atoms with Crippen molar-refractivity contribution in [2.24, 2.45) is 0 Å². The number of carbonyl (C=O) groups excluding carboxylic acids is 1. The van der Waals surface area contributed by atoms with Crippen LogP contribution in [-0.2, 0) is 0 Å². The van der Waals surface area contributed by atoms with Gasteiger partial charge in [0.1, 0.15) is 12.1 Å². The zero-order valence-electron chi connectivity index (χ0n) is 7.79. The van der Waals surface area contributed by atoms with E-state index < -0.39 is 0 Å². The first-order valence-corrected chi connectivity index (χ1v) is 4.76. The van der Waals surface area contributed by atoms with Gasteiger partial charge in [0.05, 0.1) is 0 Å². The van der Waals surface area contributed by atoms with Gasteiger partial charge in [0.25, 0.3) is 0 Å². The minimum atomic E-state index is -0.266. The van der Waals surface area contributed by atoms with Crippen LogP contribution in [0.25, 0.3) is 0 Å². The van der Waals surface area contributed by atoms with E-state index in [1.807, 2.05) is 0 Å². The van der Waals surface area contributed by atoms with E-state index >= 15 is 0 Å². The van der Waals surface area contributed by atoms with Crippen LogP contribution >= 0.6 is 0 Å². The van der Waals surface area contributed by atoms with Crippen molar-refractivity contribution >= 4 is 6.29 Å². The minimum absolute atomic E-state index is 0.266. The van der Waals surface area contributed by atoms with E-state index in [-0.39, 0.29) is 11.7 Å². The van der Waals surface area contributed by atoms with Gasteiger partial charge >= 0.3 is 0 Å². The van der Waals surface area contributed by atoms with Crippen molar-refractivity contribution in [1.82, 2.24) is 5.32 Å². The van der Waals surface area contributed by atoms with Gasteiger partial charge in [-0.2, -0.15) is 0 Å². The highest BCUT2D eigenvalue weighted by Crippen LogP contribution is 2.25. The Morgan fingerprint density at radius 2 is 2.36 bits per heavy atom. The van der Waals surface area contributed by atoms with Crippen LogP contribution in [0.4, 0.5) is 4.39 Å². The lowest BCUT2D eigenvalue weighted by molar-refractivity contribution is 0.112. The lowest BCUT2D eigenvalue weighted by atomic mass is 9.94. The number of hydrogen-bond donors (Lipinski definition) is 1. The van der Waals surface area contributed by atoms with E-state index in [0.717, 1.165) is 31.4 Å². The maximum absolute atomic E-state index is 13.0. The summed E-state index contributed by atoms with van der Waals surface area (Å²) in [4.78, 5) is 10.8. The van der Waals surface area contributed by atoms with Gasteiger partial charge in [-0.25, -0.2) is 4.39 Å². The molecule has 1 N–H and O–H groups in total. The fourth-order valence-corrected chi connectivity index (χ4v) is 1.93. The SMILES string of the molecule is O=Cc1ccc(F)cc1C1CCNC1. The zero-order valence-corrected chi connectivity index (χ0v) is 7.79. The average Bonchev–Trinajstić information content (AvgIpc) is 2.70. The van der Waals surface area contributed by atoms with Crippen LogP contribution in [0, 0.1) is 5.82 Å². The molecule has 1 unspecified atom stereocenters. The zero-order chi connectivity index (χ0) is 9.97. The topological polar surface area (TPSA) is 29.1 Å². The second-order valence-corrected chi connectivity index (χ2v) is 3.58. The average molecular weight is 193 g/mol. The second-order valence-electron chi connectivity index (χ2n) is 3.58. The van der Waals surface area contributed by atoms with Crippen molar-refractivity contribution in [2.75, 3.05) is 13.1 Å². The lowest BCUT2D eigenvalue weighted by Gasteiger charge is -2.11. The Labute approximate surface area is 82.1 Å². The van der Waals surface area contributed by atoms with E-state index in [1.54, 1.807) is 6.07 Å². The first-order valence-electron chi connectivity index (χ1n) is 4.76. The van der Waals surface area contributed by atoms with Crippen LogP contribution in [0.15, 0.2) is 18.2 Å². The standard InChI is InChI=1S/C11H12FNO/c12-10-2-1-9(7-14)11(5-10)8-3-4-13-6-8/h1-2,5,7-8,13H,3-4,6H2. The van der Waals surface area contributed by atoms with Crippen molar-refractivity contribution < 1.29 is 9.18 Å². The first kappa shape index (κ1) is 9.34. The molecule has 0 aliphatic carbocycles. The van der Waals surface area contributed by atoms with Crippen molar-refractivity contribution in [3.63, 3.8) is 0 Å². The molecule has 1 aliphatic rings. The molecule has 0 bridgehead atoms. The van der Waals surface area contributed by atoms with Gasteiger partial charge in [-0.3, -0.25) is 4.79 Å². The Morgan fingerprint density at radius 3 is 3.00 bits per heavy atom. The summed E-state index contributed by atoms with van der Waals surface area (Å²) in [5, 5.41) is 3.20. The fraction of sp³-hybridized carbons (Fsp3) is 0.364. The Morgan fingerprint density at radius 1 is 1.50 bits per heavy atom. The van der Waals surface area contributed by atoms with Gasteiger partial charge in [-0.05, 0) is 42.6 Å². The lowest BCUT2D eigenvalue weighted by Crippen LogP contribution is -2.09. The molecule has 1 atom stereocenters. The number of aldehydes is 1. The molecule has 0 radical (unpaired) electrons. The Bertz CT molecular complexity index is 345. The van der Waals surface area contributed by atoms with Gasteiger partial charge in [0.2, 0.25) is 0 Å². The number of nitrogens with one attached hydrogen (secondary N) is 1. The monoisotopic (exact) mass is 193 g/mol. The van der Waals surface area contributed by atoms with Crippen molar-refractivity contribution in [3.8, 4) is 0 Å². The van der Waals surface area contributed by atoms with Gasteiger partial charge < -0.3 is 5.32 Å². The molecule has 1 heterocycles. The van der Waals surface area contributed by atoms with Crippen LogP contribution in [0.3, 0.4) is 0 Å². The normalized spacial score (nSPS) is 21.1. The van der Waals surface area contributed by atoms with E-state index in [4.69, 9.17) is 0 Å². The number of rotatable bonds is 2. The predicted molar refractivity (Wildman–Crippen MR) is 52.0 cm³/mol. The molecule has 0 amide bonds. The largest absolute Gasteiger partial charge is 0.316 e. The highest BCUT2D eigenvalue weighted by atomic mass is 19.1. The van der Waals surface area contributed by atoms with Crippen LogP contribution < -0.4 is 5.32 Å². The Kier molecular flexibility index (Phi) is 2.59. The maximum atomic E-state index is 13.0. The smallest absolute Gasteiger partial charge is 0.150 e. The fourth-order valence-electron chi connectivity index (χ4n) is 1.93. The molecule has 1 aromatic rings. The molecule has 3 heteroatoms. The van der Waals surface area contributed by atoms with Crippen LogP contribution in [-0.4, -0.2) is 19.4 Å². The van der Waals surface area contributed by atoms with Gasteiger partial charge in [0.15, 0.2) is 0 Å². The summed E-state index contributed by atoms with van der Waals surface area (Å²) < 4.78 is 13.0.